The number of benzene rings is 1. The van der Waals surface area contributed by atoms with Gasteiger partial charge in [-0.2, -0.15) is 0 Å². The molecule has 1 fully saturated rings. The summed E-state index contributed by atoms with van der Waals surface area (Å²) in [6.45, 7) is 0.337. The first-order valence-electron chi connectivity index (χ1n) is 6.38. The Balaban J connectivity index is 0.00000180. The molecule has 0 heterocycles. The van der Waals surface area contributed by atoms with E-state index in [0.717, 1.165) is 32.1 Å². The molecule has 1 aliphatic carbocycles. The van der Waals surface area contributed by atoms with Crippen molar-refractivity contribution in [3.05, 3.63) is 24.3 Å². The lowest BCUT2D eigenvalue weighted by atomic mass is 9.74. The van der Waals surface area contributed by atoms with Crippen LogP contribution in [0.4, 0.5) is 0 Å². The molecule has 0 atom stereocenters. The van der Waals surface area contributed by atoms with Gasteiger partial charge < -0.3 is 15.6 Å². The van der Waals surface area contributed by atoms with E-state index in [0.29, 0.717) is 12.3 Å². The second-order valence-corrected chi connectivity index (χ2v) is 4.93. The first-order chi connectivity index (χ1) is 8.66. The quantitative estimate of drug-likeness (QED) is 0.661. The van der Waals surface area contributed by atoms with Crippen molar-refractivity contribution in [2.24, 2.45) is 11.1 Å². The lowest BCUT2D eigenvalue weighted by molar-refractivity contribution is -0.147. The molecule has 106 valence electrons. The number of halogens is 1. The van der Waals surface area contributed by atoms with Crippen molar-refractivity contribution in [1.29, 1.82) is 0 Å². The number of hydrogen-bond donors (Lipinski definition) is 2. The summed E-state index contributed by atoms with van der Waals surface area (Å²) in [5.41, 5.74) is 5.26. The average Bonchev–Trinajstić information content (AvgIpc) is 2.42. The summed E-state index contributed by atoms with van der Waals surface area (Å²) in [6.07, 6.45) is 4.83. The number of aromatic hydroxyl groups is 1. The zero-order valence-corrected chi connectivity index (χ0v) is 11.6. The number of phenols is 1. The monoisotopic (exact) mass is 285 g/mol. The summed E-state index contributed by atoms with van der Waals surface area (Å²) < 4.78 is 5.37. The van der Waals surface area contributed by atoms with Crippen molar-refractivity contribution in [3.8, 4) is 11.5 Å². The number of carbonyl (C=O) groups excluding carboxylic acids is 1. The van der Waals surface area contributed by atoms with Gasteiger partial charge >= 0.3 is 5.97 Å². The predicted octanol–water partition coefficient (Wildman–Crippen LogP) is 2.63. The largest absolute Gasteiger partial charge is 0.508 e. The predicted molar refractivity (Wildman–Crippen MR) is 75.6 cm³/mol. The fraction of sp³-hybridized carbons (Fsp3) is 0.500. The highest BCUT2D eigenvalue weighted by molar-refractivity contribution is 5.85. The van der Waals surface area contributed by atoms with Gasteiger partial charge in [0.15, 0.2) is 0 Å². The molecule has 0 aliphatic heterocycles. The Kier molecular flexibility index (Phi) is 5.63. The highest BCUT2D eigenvalue weighted by Crippen LogP contribution is 2.36. The normalized spacial score (nSPS) is 17.3. The van der Waals surface area contributed by atoms with E-state index in [1.165, 1.54) is 12.1 Å². The number of esters is 1. The molecule has 0 spiro atoms. The Bertz CT molecular complexity index is 413. The van der Waals surface area contributed by atoms with Gasteiger partial charge in [0, 0.05) is 6.54 Å². The summed E-state index contributed by atoms with van der Waals surface area (Å²) in [7, 11) is 0. The molecule has 1 aromatic rings. The van der Waals surface area contributed by atoms with E-state index < -0.39 is 5.41 Å². The van der Waals surface area contributed by atoms with Gasteiger partial charge in [0.1, 0.15) is 11.5 Å². The first-order valence-corrected chi connectivity index (χ1v) is 6.38. The number of carbonyl (C=O) groups is 1. The SMILES string of the molecule is Cl.NCC1(C(=O)Oc2ccc(O)cc2)CCCCC1. The molecule has 0 amide bonds. The van der Waals surface area contributed by atoms with Crippen molar-refractivity contribution in [2.45, 2.75) is 32.1 Å². The van der Waals surface area contributed by atoms with Crippen LogP contribution in [0.2, 0.25) is 0 Å². The van der Waals surface area contributed by atoms with Gasteiger partial charge in [0.25, 0.3) is 0 Å². The number of rotatable bonds is 3. The lowest BCUT2D eigenvalue weighted by Gasteiger charge is -2.33. The zero-order chi connectivity index (χ0) is 13.0. The van der Waals surface area contributed by atoms with Gasteiger partial charge in [-0.1, -0.05) is 19.3 Å². The van der Waals surface area contributed by atoms with Gasteiger partial charge in [0.2, 0.25) is 0 Å². The topological polar surface area (TPSA) is 72.6 Å². The summed E-state index contributed by atoms with van der Waals surface area (Å²) in [6, 6.07) is 6.16. The molecule has 3 N–H and O–H groups in total. The van der Waals surface area contributed by atoms with Crippen LogP contribution < -0.4 is 10.5 Å². The minimum atomic E-state index is -0.518. The molecule has 2 rings (SSSR count). The van der Waals surface area contributed by atoms with Crippen molar-refractivity contribution in [1.82, 2.24) is 0 Å². The number of nitrogens with two attached hydrogens (primary N) is 1. The molecule has 4 nitrogen and oxygen atoms in total. The number of hydrogen-bond acceptors (Lipinski definition) is 4. The van der Waals surface area contributed by atoms with E-state index in [-0.39, 0.29) is 24.1 Å². The molecular formula is C14H20ClNO3. The Hall–Kier alpha value is -1.26. The Morgan fingerprint density at radius 2 is 1.79 bits per heavy atom. The van der Waals surface area contributed by atoms with E-state index in [1.54, 1.807) is 12.1 Å². The molecule has 1 saturated carbocycles. The van der Waals surface area contributed by atoms with Crippen LogP contribution in [0, 0.1) is 5.41 Å². The van der Waals surface area contributed by atoms with Crippen molar-refractivity contribution in [3.63, 3.8) is 0 Å². The summed E-state index contributed by atoms with van der Waals surface area (Å²) in [5, 5.41) is 9.18. The number of phenolic OH excluding ortho intramolecular Hbond substituents is 1. The van der Waals surface area contributed by atoms with Gasteiger partial charge in [0.05, 0.1) is 5.41 Å². The Morgan fingerprint density at radius 1 is 1.21 bits per heavy atom. The molecule has 19 heavy (non-hydrogen) atoms. The molecule has 5 heteroatoms. The third-order valence-corrected chi connectivity index (χ3v) is 3.68. The highest BCUT2D eigenvalue weighted by Gasteiger charge is 2.39. The second kappa shape index (κ2) is 6.78. The highest BCUT2D eigenvalue weighted by atomic mass is 35.5. The smallest absolute Gasteiger partial charge is 0.318 e. The van der Waals surface area contributed by atoms with Gasteiger partial charge in [-0.3, -0.25) is 4.79 Å². The Labute approximate surface area is 119 Å². The molecular weight excluding hydrogens is 266 g/mol. The maximum absolute atomic E-state index is 12.2. The van der Waals surface area contributed by atoms with E-state index in [1.807, 2.05) is 0 Å². The van der Waals surface area contributed by atoms with E-state index in [9.17, 15) is 9.90 Å². The minimum Gasteiger partial charge on any atom is -0.508 e. The second-order valence-electron chi connectivity index (χ2n) is 4.93. The van der Waals surface area contributed by atoms with Crippen LogP contribution in [0.15, 0.2) is 24.3 Å². The third kappa shape index (κ3) is 3.61. The molecule has 0 aromatic heterocycles. The molecule has 1 aromatic carbocycles. The Morgan fingerprint density at radius 3 is 2.32 bits per heavy atom. The van der Waals surface area contributed by atoms with Crippen LogP contribution in [0.5, 0.6) is 11.5 Å². The fourth-order valence-electron chi connectivity index (χ4n) is 2.45. The molecule has 0 unspecified atom stereocenters. The van der Waals surface area contributed by atoms with Crippen LogP contribution in [0.3, 0.4) is 0 Å². The lowest BCUT2D eigenvalue weighted by Crippen LogP contribution is -2.42. The summed E-state index contributed by atoms with van der Waals surface area (Å²) in [4.78, 5) is 12.2. The van der Waals surface area contributed by atoms with E-state index in [4.69, 9.17) is 10.5 Å². The maximum atomic E-state index is 12.2. The van der Waals surface area contributed by atoms with Crippen molar-refractivity contribution >= 4 is 18.4 Å². The summed E-state index contributed by atoms with van der Waals surface area (Å²) in [5.74, 6) is 0.368. The maximum Gasteiger partial charge on any atom is 0.318 e. The van der Waals surface area contributed by atoms with Crippen molar-refractivity contribution < 1.29 is 14.6 Å². The van der Waals surface area contributed by atoms with Crippen LogP contribution >= 0.6 is 12.4 Å². The fourth-order valence-corrected chi connectivity index (χ4v) is 2.45. The third-order valence-electron chi connectivity index (χ3n) is 3.68. The minimum absolute atomic E-state index is 0. The zero-order valence-electron chi connectivity index (χ0n) is 10.8. The standard InChI is InChI=1S/C14H19NO3.ClH/c15-10-14(8-2-1-3-9-14)13(17)18-12-6-4-11(16)5-7-12;/h4-7,16H,1-3,8-10,15H2;1H. The average molecular weight is 286 g/mol. The van der Waals surface area contributed by atoms with Crippen LogP contribution in [-0.2, 0) is 4.79 Å². The van der Waals surface area contributed by atoms with Crippen molar-refractivity contribution in [2.75, 3.05) is 6.54 Å². The summed E-state index contributed by atoms with van der Waals surface area (Å²) >= 11 is 0. The van der Waals surface area contributed by atoms with Gasteiger partial charge in [-0.25, -0.2) is 0 Å². The van der Waals surface area contributed by atoms with E-state index in [2.05, 4.69) is 0 Å². The van der Waals surface area contributed by atoms with Gasteiger partial charge in [-0.05, 0) is 37.1 Å². The van der Waals surface area contributed by atoms with Crippen LogP contribution in [0.25, 0.3) is 0 Å². The molecule has 0 saturated heterocycles. The molecule has 0 radical (unpaired) electrons. The first kappa shape index (κ1) is 15.8. The van der Waals surface area contributed by atoms with E-state index >= 15 is 0 Å². The molecule has 1 aliphatic rings. The van der Waals surface area contributed by atoms with Crippen LogP contribution in [-0.4, -0.2) is 17.6 Å². The van der Waals surface area contributed by atoms with Gasteiger partial charge in [-0.15, -0.1) is 12.4 Å². The number of ether oxygens (including phenoxy) is 1. The molecule has 0 bridgehead atoms. The van der Waals surface area contributed by atoms with Crippen LogP contribution in [0.1, 0.15) is 32.1 Å².